The van der Waals surface area contributed by atoms with E-state index in [2.05, 4.69) is 10.4 Å². The average Bonchev–Trinajstić information content (AvgIpc) is 3.22. The lowest BCUT2D eigenvalue weighted by Gasteiger charge is -2.28. The molecule has 1 aliphatic carbocycles. The molecule has 0 atom stereocenters. The van der Waals surface area contributed by atoms with Crippen LogP contribution in [0.4, 0.5) is 15.4 Å². The summed E-state index contributed by atoms with van der Waals surface area (Å²) in [4.78, 5) is 37.0. The largest absolute Gasteiger partial charge is 0.465 e. The lowest BCUT2D eigenvalue weighted by atomic mass is 10.0. The molecule has 3 rings (SSSR count). The minimum absolute atomic E-state index is 0.0529. The van der Waals surface area contributed by atoms with Gasteiger partial charge in [-0.1, -0.05) is 0 Å². The molecule has 9 nitrogen and oxygen atoms in total. The highest BCUT2D eigenvalue weighted by Gasteiger charge is 2.46. The van der Waals surface area contributed by atoms with E-state index in [1.54, 1.807) is 20.8 Å². The van der Waals surface area contributed by atoms with Crippen LogP contribution in [0.5, 0.6) is 0 Å². The standard InChI is InChI=1S/C15H20N4O5/c1-4-24-14(23)19-11(16-12(20)8-5-6-8)9-7-18(13(21)22)15(2,3)10(9)17-19/h8H,4-7H2,1-3H3,(H,16,20)(H,21,22). The third-order valence-electron chi connectivity index (χ3n) is 4.42. The first kappa shape index (κ1) is 16.3. The number of fused-ring (bicyclic) bond motifs is 1. The van der Waals surface area contributed by atoms with E-state index in [0.29, 0.717) is 11.3 Å². The number of carboxylic acid groups (broad SMARTS) is 1. The van der Waals surface area contributed by atoms with Gasteiger partial charge in [0.1, 0.15) is 5.82 Å². The fourth-order valence-corrected chi connectivity index (χ4v) is 2.89. The maximum atomic E-state index is 12.2. The molecule has 0 saturated heterocycles. The quantitative estimate of drug-likeness (QED) is 0.872. The van der Waals surface area contributed by atoms with Crippen molar-refractivity contribution in [1.29, 1.82) is 0 Å². The molecular formula is C15H20N4O5. The Labute approximate surface area is 138 Å². The third kappa shape index (κ3) is 2.49. The van der Waals surface area contributed by atoms with Crippen molar-refractivity contribution < 1.29 is 24.2 Å². The van der Waals surface area contributed by atoms with Gasteiger partial charge in [-0.25, -0.2) is 9.59 Å². The molecule has 1 aromatic heterocycles. The first-order chi connectivity index (χ1) is 11.3. The fourth-order valence-electron chi connectivity index (χ4n) is 2.89. The minimum Gasteiger partial charge on any atom is -0.465 e. The zero-order chi connectivity index (χ0) is 17.6. The molecule has 1 fully saturated rings. The Kier molecular flexibility index (Phi) is 3.73. The van der Waals surface area contributed by atoms with E-state index < -0.39 is 17.7 Å². The van der Waals surface area contributed by atoms with Crippen LogP contribution in [0.25, 0.3) is 0 Å². The molecule has 2 aliphatic rings. The van der Waals surface area contributed by atoms with Gasteiger partial charge in [-0.2, -0.15) is 5.10 Å². The maximum Gasteiger partial charge on any atom is 0.436 e. The molecule has 0 spiro atoms. The van der Waals surface area contributed by atoms with Crippen molar-refractivity contribution in [1.82, 2.24) is 14.7 Å². The number of nitrogens with one attached hydrogen (secondary N) is 1. The van der Waals surface area contributed by atoms with Gasteiger partial charge < -0.3 is 15.2 Å². The molecule has 24 heavy (non-hydrogen) atoms. The molecule has 0 aromatic carbocycles. The highest BCUT2D eigenvalue weighted by atomic mass is 16.6. The topological polar surface area (TPSA) is 114 Å². The molecule has 1 saturated carbocycles. The normalized spacial score (nSPS) is 18.2. The summed E-state index contributed by atoms with van der Waals surface area (Å²) in [7, 11) is 0. The molecule has 9 heteroatoms. The zero-order valence-electron chi connectivity index (χ0n) is 13.8. The Bertz CT molecular complexity index is 720. The van der Waals surface area contributed by atoms with E-state index in [9.17, 15) is 19.5 Å². The van der Waals surface area contributed by atoms with Gasteiger partial charge in [0.15, 0.2) is 0 Å². The van der Waals surface area contributed by atoms with Gasteiger partial charge in [-0.15, -0.1) is 4.68 Å². The van der Waals surface area contributed by atoms with Gasteiger partial charge in [0, 0.05) is 11.5 Å². The van der Waals surface area contributed by atoms with Crippen molar-refractivity contribution >= 4 is 23.9 Å². The number of ether oxygens (including phenoxy) is 1. The molecule has 1 aliphatic heterocycles. The predicted octanol–water partition coefficient (Wildman–Crippen LogP) is 1.96. The van der Waals surface area contributed by atoms with Crippen LogP contribution in [0.2, 0.25) is 0 Å². The van der Waals surface area contributed by atoms with Crippen LogP contribution in [0.1, 0.15) is 44.9 Å². The summed E-state index contributed by atoms with van der Waals surface area (Å²) in [6.45, 7) is 5.32. The zero-order valence-corrected chi connectivity index (χ0v) is 13.8. The average molecular weight is 336 g/mol. The second-order valence-electron chi connectivity index (χ2n) is 6.48. The summed E-state index contributed by atoms with van der Waals surface area (Å²) in [6.07, 6.45) is -0.154. The first-order valence-corrected chi connectivity index (χ1v) is 7.88. The van der Waals surface area contributed by atoms with Crippen LogP contribution in [-0.2, 0) is 21.6 Å². The molecule has 2 amide bonds. The number of carbonyl (C=O) groups is 3. The molecule has 2 N–H and O–H groups in total. The van der Waals surface area contributed by atoms with E-state index >= 15 is 0 Å². The van der Waals surface area contributed by atoms with E-state index in [0.717, 1.165) is 17.5 Å². The van der Waals surface area contributed by atoms with E-state index in [1.165, 1.54) is 4.90 Å². The van der Waals surface area contributed by atoms with Crippen molar-refractivity contribution in [3.63, 3.8) is 0 Å². The van der Waals surface area contributed by atoms with Crippen LogP contribution >= 0.6 is 0 Å². The van der Waals surface area contributed by atoms with Crippen molar-refractivity contribution in [3.05, 3.63) is 11.3 Å². The highest BCUT2D eigenvalue weighted by Crippen LogP contribution is 2.42. The van der Waals surface area contributed by atoms with Crippen molar-refractivity contribution in [2.75, 3.05) is 11.9 Å². The summed E-state index contributed by atoms with van der Waals surface area (Å²) in [6, 6.07) is 0. The number of carbonyl (C=O) groups excluding carboxylic acids is 2. The molecule has 0 unspecified atom stereocenters. The molecule has 1 aromatic rings. The van der Waals surface area contributed by atoms with Gasteiger partial charge >= 0.3 is 12.2 Å². The van der Waals surface area contributed by atoms with Gasteiger partial charge in [-0.3, -0.25) is 9.69 Å². The van der Waals surface area contributed by atoms with E-state index in [4.69, 9.17) is 4.74 Å². The van der Waals surface area contributed by atoms with E-state index in [1.807, 2.05) is 0 Å². The van der Waals surface area contributed by atoms with Gasteiger partial charge in [-0.05, 0) is 33.6 Å². The van der Waals surface area contributed by atoms with Crippen LogP contribution in [0.3, 0.4) is 0 Å². The summed E-state index contributed by atoms with van der Waals surface area (Å²) in [5, 5.41) is 16.4. The Hall–Kier alpha value is -2.58. The summed E-state index contributed by atoms with van der Waals surface area (Å²) in [5.41, 5.74) is 0.0753. The Morgan fingerprint density at radius 2 is 2.04 bits per heavy atom. The van der Waals surface area contributed by atoms with Crippen molar-refractivity contribution in [2.45, 2.75) is 45.7 Å². The lowest BCUT2D eigenvalue weighted by Crippen LogP contribution is -2.40. The Morgan fingerprint density at radius 1 is 1.38 bits per heavy atom. The number of nitrogens with zero attached hydrogens (tertiary/aromatic N) is 3. The SMILES string of the molecule is CCOC(=O)n1nc2c(c1NC(=O)C1CC1)CN(C(=O)O)C2(C)C. The number of rotatable bonds is 3. The maximum absolute atomic E-state index is 12.2. The minimum atomic E-state index is -1.08. The number of aromatic nitrogens is 2. The van der Waals surface area contributed by atoms with Gasteiger partial charge in [0.2, 0.25) is 5.91 Å². The molecule has 0 bridgehead atoms. The molecule has 2 heterocycles. The molecule has 130 valence electrons. The smallest absolute Gasteiger partial charge is 0.436 e. The van der Waals surface area contributed by atoms with Gasteiger partial charge in [0.25, 0.3) is 0 Å². The van der Waals surface area contributed by atoms with Crippen LogP contribution in [0.15, 0.2) is 0 Å². The molecular weight excluding hydrogens is 316 g/mol. The number of amides is 2. The molecule has 0 radical (unpaired) electrons. The number of hydrogen-bond acceptors (Lipinski definition) is 5. The van der Waals surface area contributed by atoms with Crippen LogP contribution < -0.4 is 5.32 Å². The van der Waals surface area contributed by atoms with Crippen molar-refractivity contribution in [2.24, 2.45) is 5.92 Å². The lowest BCUT2D eigenvalue weighted by molar-refractivity contribution is -0.117. The fraction of sp³-hybridized carbons (Fsp3) is 0.600. The van der Waals surface area contributed by atoms with Gasteiger partial charge in [0.05, 0.1) is 24.4 Å². The highest BCUT2D eigenvalue weighted by molar-refractivity contribution is 5.96. The number of anilines is 1. The second kappa shape index (κ2) is 5.50. The second-order valence-corrected chi connectivity index (χ2v) is 6.48. The summed E-state index contributed by atoms with van der Waals surface area (Å²) in [5.74, 6) is -0.0387. The number of hydrogen-bond donors (Lipinski definition) is 2. The monoisotopic (exact) mass is 336 g/mol. The first-order valence-electron chi connectivity index (χ1n) is 7.88. The third-order valence-corrected chi connectivity index (χ3v) is 4.42. The summed E-state index contributed by atoms with van der Waals surface area (Å²) < 4.78 is 6.01. The van der Waals surface area contributed by atoms with Crippen molar-refractivity contribution in [3.8, 4) is 0 Å². The predicted molar refractivity (Wildman–Crippen MR) is 82.6 cm³/mol. The van der Waals surface area contributed by atoms with E-state index in [-0.39, 0.29) is 30.8 Å². The Morgan fingerprint density at radius 3 is 2.58 bits per heavy atom. The van der Waals surface area contributed by atoms with Crippen LogP contribution in [0, 0.1) is 5.92 Å². The Balaban J connectivity index is 2.03. The van der Waals surface area contributed by atoms with Crippen LogP contribution in [-0.4, -0.2) is 44.5 Å². The summed E-state index contributed by atoms with van der Waals surface area (Å²) >= 11 is 0.